The number of fused-ring (bicyclic) bond motifs is 9. The highest BCUT2D eigenvalue weighted by Gasteiger charge is 2.31. The maximum Gasteiger partial charge on any atom is 0.416 e. The van der Waals surface area contributed by atoms with Crippen molar-refractivity contribution in [3.8, 4) is 84.3 Å². The van der Waals surface area contributed by atoms with E-state index in [2.05, 4.69) is 220 Å². The van der Waals surface area contributed by atoms with Gasteiger partial charge in [-0.1, -0.05) is 188 Å². The van der Waals surface area contributed by atoms with Crippen LogP contribution in [0.2, 0.25) is 0 Å². The maximum atomic E-state index is 14.4. The van der Waals surface area contributed by atoms with E-state index < -0.39 is 11.7 Å². The molecule has 0 aliphatic rings. The number of aromatic nitrogens is 5. The molecule has 408 valence electrons. The zero-order chi connectivity index (χ0) is 57.6. The van der Waals surface area contributed by atoms with Crippen molar-refractivity contribution in [2.75, 3.05) is 0 Å². The van der Waals surface area contributed by atoms with Crippen LogP contribution >= 0.6 is 0 Å². The van der Waals surface area contributed by atoms with Gasteiger partial charge in [0.05, 0.1) is 55.7 Å². The molecule has 0 saturated carbocycles. The predicted octanol–water partition coefficient (Wildman–Crippen LogP) is 21.1. The molecule has 12 aromatic carbocycles. The Balaban J connectivity index is 0.991. The topological polar surface area (TPSA) is 40.6 Å². The van der Waals surface area contributed by atoms with E-state index in [-0.39, 0.29) is 0 Å². The van der Waals surface area contributed by atoms with E-state index in [0.29, 0.717) is 22.5 Å². The molecule has 0 aliphatic carbocycles. The molecule has 86 heavy (non-hydrogen) atoms. The lowest BCUT2D eigenvalue weighted by molar-refractivity contribution is -0.137. The molecule has 16 aromatic rings. The number of hydrogen-bond acceptors (Lipinski definition) is 2. The first kappa shape index (κ1) is 50.6. The van der Waals surface area contributed by atoms with Gasteiger partial charge < -0.3 is 13.7 Å². The van der Waals surface area contributed by atoms with Gasteiger partial charge in [0.25, 0.3) is 0 Å². The second-order valence-electron chi connectivity index (χ2n) is 22.1. The van der Waals surface area contributed by atoms with Gasteiger partial charge in [-0.2, -0.15) is 13.2 Å². The van der Waals surface area contributed by atoms with E-state index >= 15 is 0 Å². The van der Waals surface area contributed by atoms with Crippen molar-refractivity contribution < 1.29 is 13.2 Å². The first-order chi connectivity index (χ1) is 42.2. The van der Waals surface area contributed by atoms with Crippen LogP contribution in [0.25, 0.3) is 150 Å². The van der Waals surface area contributed by atoms with Gasteiger partial charge in [0.15, 0.2) is 5.82 Å². The third-order valence-corrected chi connectivity index (χ3v) is 16.9. The molecule has 4 aromatic heterocycles. The molecule has 0 bridgehead atoms. The van der Waals surface area contributed by atoms with Crippen LogP contribution in [0.3, 0.4) is 0 Å². The summed E-state index contributed by atoms with van der Waals surface area (Å²) in [4.78, 5) is 10.7. The Morgan fingerprint density at radius 3 is 1.16 bits per heavy atom. The highest BCUT2D eigenvalue weighted by molar-refractivity contribution is 6.13. The number of halogens is 3. The summed E-state index contributed by atoms with van der Waals surface area (Å²) in [5.74, 6) is 0.606. The van der Waals surface area contributed by atoms with Crippen LogP contribution in [0.1, 0.15) is 11.1 Å². The molecule has 8 heteroatoms. The number of aryl methyl sites for hydroxylation is 1. The lowest BCUT2D eigenvalue weighted by Crippen LogP contribution is -2.05. The van der Waals surface area contributed by atoms with Crippen LogP contribution in [0, 0.1) is 6.92 Å². The molecule has 0 unspecified atom stereocenters. The normalized spacial score (nSPS) is 12.0. The summed E-state index contributed by atoms with van der Waals surface area (Å²) in [6.45, 7) is 1.72. The van der Waals surface area contributed by atoms with Gasteiger partial charge in [0, 0.05) is 71.5 Å². The summed E-state index contributed by atoms with van der Waals surface area (Å²) in [5, 5.41) is 6.61. The molecule has 4 heterocycles. The Labute approximate surface area is 493 Å². The quantitative estimate of drug-likeness (QED) is 0.145. The number of alkyl halides is 3. The van der Waals surface area contributed by atoms with Crippen molar-refractivity contribution in [1.82, 2.24) is 23.7 Å². The van der Waals surface area contributed by atoms with Gasteiger partial charge in [-0.25, -0.2) is 9.97 Å². The summed E-state index contributed by atoms with van der Waals surface area (Å²) >= 11 is 0. The van der Waals surface area contributed by atoms with Crippen molar-refractivity contribution in [1.29, 1.82) is 0 Å². The molecule has 0 radical (unpaired) electrons. The number of benzene rings is 12. The summed E-state index contributed by atoms with van der Waals surface area (Å²) in [7, 11) is 0. The number of para-hydroxylation sites is 5. The van der Waals surface area contributed by atoms with Crippen LogP contribution < -0.4 is 0 Å². The van der Waals surface area contributed by atoms with Gasteiger partial charge in [-0.3, -0.25) is 0 Å². The fourth-order valence-electron chi connectivity index (χ4n) is 13.0. The second-order valence-corrected chi connectivity index (χ2v) is 22.1. The van der Waals surface area contributed by atoms with Crippen molar-refractivity contribution in [2.45, 2.75) is 13.1 Å². The summed E-state index contributed by atoms with van der Waals surface area (Å²) in [6.07, 6.45) is -4.50. The zero-order valence-electron chi connectivity index (χ0n) is 46.5. The predicted molar refractivity (Wildman–Crippen MR) is 347 cm³/mol. The van der Waals surface area contributed by atoms with E-state index in [0.717, 1.165) is 111 Å². The molecule has 0 aliphatic heterocycles. The van der Waals surface area contributed by atoms with Crippen molar-refractivity contribution in [2.24, 2.45) is 0 Å². The van der Waals surface area contributed by atoms with Crippen LogP contribution in [-0.4, -0.2) is 23.7 Å². The van der Waals surface area contributed by atoms with E-state index in [1.165, 1.54) is 33.7 Å². The SMILES string of the molecule is Cc1cc(-c2ccc3c(c2)c2ccccc2n3-c2c(-c3ccc(-n4c5ccccc5c5ccccc54)cc3)cc(-c3cc(-c4ccccc4)nc(-c4ccccc4)n3)cc2-c2ccc(-n3c4ccccc4c4ccccc43)cc2)cc(C(F)(F)F)c1. The highest BCUT2D eigenvalue weighted by Crippen LogP contribution is 2.46. The van der Waals surface area contributed by atoms with E-state index in [9.17, 15) is 13.2 Å². The van der Waals surface area contributed by atoms with Gasteiger partial charge in [0.2, 0.25) is 0 Å². The standard InChI is InChI=1S/C78H50F3N5/c1-49-42-55(44-57(43-49)78(79,80)81)54-36-41-75-67(45-54)64-26-12-17-31-74(64)86(75)76-65(50-32-37-58(38-33-50)84-70-27-13-8-22-60(70)61-23-9-14-28-71(61)84)46-56(69-48-68(52-18-4-2-5-19-52)82-77(83-69)53-20-6-3-7-21-53)47-66(76)51-34-39-59(40-35-51)85-72-29-15-10-24-62(72)63-25-11-16-30-73(63)85/h2-48H,1H3. The third-order valence-electron chi connectivity index (χ3n) is 16.9. The Bertz CT molecular complexity index is 4980. The van der Waals surface area contributed by atoms with Crippen LogP contribution in [-0.2, 0) is 6.18 Å². The van der Waals surface area contributed by atoms with Gasteiger partial charge >= 0.3 is 6.18 Å². The minimum Gasteiger partial charge on any atom is -0.309 e. The Hall–Kier alpha value is -11.1. The Morgan fingerprint density at radius 2 is 0.686 bits per heavy atom. The zero-order valence-corrected chi connectivity index (χ0v) is 46.5. The van der Waals surface area contributed by atoms with Crippen molar-refractivity contribution >= 4 is 65.4 Å². The fourth-order valence-corrected chi connectivity index (χ4v) is 13.0. The molecule has 0 saturated heterocycles. The van der Waals surface area contributed by atoms with Crippen LogP contribution in [0.15, 0.2) is 285 Å². The summed E-state index contributed by atoms with van der Waals surface area (Å²) < 4.78 is 50.3. The van der Waals surface area contributed by atoms with Crippen LogP contribution in [0.5, 0.6) is 0 Å². The van der Waals surface area contributed by atoms with E-state index in [1.54, 1.807) is 6.92 Å². The second kappa shape index (κ2) is 20.1. The molecule has 0 fully saturated rings. The maximum absolute atomic E-state index is 14.4. The minimum atomic E-state index is -4.50. The van der Waals surface area contributed by atoms with Gasteiger partial charge in [-0.05, 0) is 132 Å². The average Bonchev–Trinajstić information content (AvgIpc) is 1.69. The number of hydrogen-bond donors (Lipinski definition) is 0. The molecule has 0 atom stereocenters. The lowest BCUT2D eigenvalue weighted by Gasteiger charge is -2.22. The summed E-state index contributed by atoms with van der Waals surface area (Å²) in [5.41, 5.74) is 18.5. The Kier molecular flexibility index (Phi) is 11.8. The lowest BCUT2D eigenvalue weighted by atomic mass is 9.91. The molecule has 16 rings (SSSR count). The van der Waals surface area contributed by atoms with Crippen molar-refractivity contribution in [3.05, 3.63) is 296 Å². The number of nitrogens with zero attached hydrogens (tertiary/aromatic N) is 5. The fraction of sp³-hybridized carbons (Fsp3) is 0.0256. The number of rotatable bonds is 9. The molecule has 0 amide bonds. The monoisotopic (exact) mass is 1110 g/mol. The van der Waals surface area contributed by atoms with E-state index in [4.69, 9.17) is 9.97 Å². The molecule has 0 spiro atoms. The van der Waals surface area contributed by atoms with Crippen molar-refractivity contribution in [3.63, 3.8) is 0 Å². The molecular weight excluding hydrogens is 1060 g/mol. The first-order valence-corrected chi connectivity index (χ1v) is 28.8. The highest BCUT2D eigenvalue weighted by atomic mass is 19.4. The first-order valence-electron chi connectivity index (χ1n) is 28.8. The molecular formula is C78H50F3N5. The largest absolute Gasteiger partial charge is 0.416 e. The molecule has 0 N–H and O–H groups in total. The van der Waals surface area contributed by atoms with Gasteiger partial charge in [-0.15, -0.1) is 0 Å². The minimum absolute atomic E-state index is 0.503. The van der Waals surface area contributed by atoms with E-state index in [1.807, 2.05) is 66.7 Å². The van der Waals surface area contributed by atoms with Gasteiger partial charge in [0.1, 0.15) is 0 Å². The smallest absolute Gasteiger partial charge is 0.309 e. The summed E-state index contributed by atoms with van der Waals surface area (Å²) in [6, 6.07) is 97.7. The Morgan fingerprint density at radius 1 is 0.291 bits per heavy atom. The van der Waals surface area contributed by atoms with Crippen LogP contribution in [0.4, 0.5) is 13.2 Å². The third kappa shape index (κ3) is 8.48. The molecule has 5 nitrogen and oxygen atoms in total. The average molecular weight is 1110 g/mol.